The smallest absolute Gasteiger partial charge is 0.299 e. The van der Waals surface area contributed by atoms with E-state index in [1.807, 2.05) is 0 Å². The lowest BCUT2D eigenvalue weighted by atomic mass is 9.98. The number of aromatic amines is 1. The van der Waals surface area contributed by atoms with Crippen LogP contribution in [0.25, 0.3) is 0 Å². The van der Waals surface area contributed by atoms with E-state index in [1.165, 1.54) is 19.3 Å². The van der Waals surface area contributed by atoms with Crippen molar-refractivity contribution < 1.29 is 0 Å². The second kappa shape index (κ2) is 3.01. The van der Waals surface area contributed by atoms with Crippen LogP contribution in [0.3, 0.4) is 0 Å². The van der Waals surface area contributed by atoms with Gasteiger partial charge in [0.25, 0.3) is 0 Å². The van der Waals surface area contributed by atoms with E-state index < -0.39 is 0 Å². The van der Waals surface area contributed by atoms with Gasteiger partial charge in [0.15, 0.2) is 0 Å². The van der Waals surface area contributed by atoms with Crippen molar-refractivity contribution in [2.75, 3.05) is 0 Å². The zero-order valence-corrected chi connectivity index (χ0v) is 7.86. The molecule has 2 atom stereocenters. The van der Waals surface area contributed by atoms with E-state index in [2.05, 4.69) is 16.3 Å². The van der Waals surface area contributed by atoms with Crippen LogP contribution in [0.2, 0.25) is 0 Å². The number of hydrogen-bond acceptors (Lipinski definition) is 3. The molecule has 1 heterocycles. The Morgan fingerprint density at radius 1 is 1.58 bits per heavy atom. The Labute approximate surface area is 75.0 Å². The first-order valence-corrected chi connectivity index (χ1v) is 5.10. The normalized spacial score (nSPS) is 29.4. The molecular weight excluding hydrogens is 172 g/mol. The minimum atomic E-state index is -0.0240. The third-order valence-corrected chi connectivity index (χ3v) is 3.23. The molecule has 0 radical (unpaired) electrons. The van der Waals surface area contributed by atoms with Gasteiger partial charge in [-0.1, -0.05) is 13.3 Å². The zero-order valence-electron chi connectivity index (χ0n) is 7.04. The van der Waals surface area contributed by atoms with Gasteiger partial charge in [-0.2, -0.15) is 4.37 Å². The van der Waals surface area contributed by atoms with Crippen molar-refractivity contribution in [3.8, 4) is 0 Å². The first kappa shape index (κ1) is 7.98. The van der Waals surface area contributed by atoms with E-state index in [0.29, 0.717) is 11.8 Å². The Kier molecular flexibility index (Phi) is 2.00. The molecule has 0 amide bonds. The van der Waals surface area contributed by atoms with Crippen molar-refractivity contribution >= 4 is 11.5 Å². The number of rotatable bonds is 1. The Morgan fingerprint density at radius 3 is 2.92 bits per heavy atom. The lowest BCUT2D eigenvalue weighted by molar-refractivity contribution is 0.514. The fraction of sp³-hybridized carbons (Fsp3) is 0.750. The molecule has 66 valence electrons. The van der Waals surface area contributed by atoms with Crippen molar-refractivity contribution in [3.63, 3.8) is 0 Å². The highest BCUT2D eigenvalue weighted by Crippen LogP contribution is 2.37. The van der Waals surface area contributed by atoms with Gasteiger partial charge >= 0.3 is 4.87 Å². The molecule has 1 fully saturated rings. The van der Waals surface area contributed by atoms with Gasteiger partial charge in [-0.05, 0) is 18.8 Å². The van der Waals surface area contributed by atoms with Crippen LogP contribution in [-0.4, -0.2) is 9.36 Å². The largest absolute Gasteiger partial charge is 0.323 e. The number of aromatic nitrogens is 2. The van der Waals surface area contributed by atoms with Gasteiger partial charge < -0.3 is 0 Å². The van der Waals surface area contributed by atoms with Gasteiger partial charge in [-0.15, -0.1) is 0 Å². The summed E-state index contributed by atoms with van der Waals surface area (Å²) < 4.78 is 4.12. The Balaban J connectivity index is 2.24. The molecule has 0 bridgehead atoms. The summed E-state index contributed by atoms with van der Waals surface area (Å²) in [5, 5.41) is 0. The standard InChI is InChI=1S/C8H12N2OS/c1-5-3-2-4-6(5)7-9-8(11)12-10-7/h5-6H,2-4H2,1H3,(H,9,10,11)/t5-,6+/m0/s1. The monoisotopic (exact) mass is 184 g/mol. The van der Waals surface area contributed by atoms with Crippen LogP contribution in [0.4, 0.5) is 0 Å². The van der Waals surface area contributed by atoms with Crippen LogP contribution in [0.1, 0.15) is 37.9 Å². The fourth-order valence-corrected chi connectivity index (χ4v) is 2.47. The highest BCUT2D eigenvalue weighted by Gasteiger charge is 2.27. The molecule has 0 spiro atoms. The molecule has 1 aromatic rings. The molecule has 1 aliphatic rings. The predicted octanol–water partition coefficient (Wildman–Crippen LogP) is 1.73. The summed E-state index contributed by atoms with van der Waals surface area (Å²) in [5.74, 6) is 2.10. The average molecular weight is 184 g/mol. The molecule has 0 saturated heterocycles. The summed E-state index contributed by atoms with van der Waals surface area (Å²) in [7, 11) is 0. The average Bonchev–Trinajstić information content (AvgIpc) is 2.58. The molecule has 12 heavy (non-hydrogen) atoms. The third kappa shape index (κ3) is 1.31. The number of H-pyrrole nitrogens is 1. The van der Waals surface area contributed by atoms with Crippen LogP contribution >= 0.6 is 11.5 Å². The van der Waals surface area contributed by atoms with E-state index in [1.54, 1.807) is 0 Å². The summed E-state index contributed by atoms with van der Waals surface area (Å²) >= 11 is 1.03. The number of nitrogens with zero attached hydrogens (tertiary/aromatic N) is 1. The molecule has 0 unspecified atom stereocenters. The Morgan fingerprint density at radius 2 is 2.42 bits per heavy atom. The maximum absolute atomic E-state index is 10.9. The van der Waals surface area contributed by atoms with E-state index in [4.69, 9.17) is 0 Å². The molecule has 0 aliphatic heterocycles. The van der Waals surface area contributed by atoms with Crippen LogP contribution in [0, 0.1) is 5.92 Å². The summed E-state index contributed by atoms with van der Waals surface area (Å²) in [6, 6.07) is 0. The molecule has 4 heteroatoms. The molecule has 1 saturated carbocycles. The molecule has 0 aromatic carbocycles. The minimum absolute atomic E-state index is 0.0240. The second-order valence-corrected chi connectivity index (χ2v) is 4.23. The van der Waals surface area contributed by atoms with Crippen LogP contribution in [-0.2, 0) is 0 Å². The lowest BCUT2D eigenvalue weighted by Crippen LogP contribution is -2.06. The molecule has 3 nitrogen and oxygen atoms in total. The van der Waals surface area contributed by atoms with Crippen LogP contribution < -0.4 is 4.87 Å². The highest BCUT2D eigenvalue weighted by molar-refractivity contribution is 7.02. The quantitative estimate of drug-likeness (QED) is 0.722. The first-order valence-electron chi connectivity index (χ1n) is 4.33. The summed E-state index contributed by atoms with van der Waals surface area (Å²) in [6.07, 6.45) is 3.72. The van der Waals surface area contributed by atoms with Gasteiger partial charge in [0, 0.05) is 17.5 Å². The van der Waals surface area contributed by atoms with Gasteiger partial charge in [-0.3, -0.25) is 9.78 Å². The fourth-order valence-electron chi connectivity index (χ4n) is 1.95. The van der Waals surface area contributed by atoms with E-state index >= 15 is 0 Å². The summed E-state index contributed by atoms with van der Waals surface area (Å²) in [6.45, 7) is 2.23. The number of nitrogens with one attached hydrogen (secondary N) is 1. The van der Waals surface area contributed by atoms with Gasteiger partial charge in [0.1, 0.15) is 5.82 Å². The Hall–Kier alpha value is -0.640. The number of hydrogen-bond donors (Lipinski definition) is 1. The maximum atomic E-state index is 10.9. The molecule has 1 aromatic heterocycles. The SMILES string of the molecule is C[C@H]1CCC[C@H]1c1nsc(=O)[nH]1. The second-order valence-electron chi connectivity index (χ2n) is 3.49. The zero-order chi connectivity index (χ0) is 8.55. The van der Waals surface area contributed by atoms with E-state index in [-0.39, 0.29) is 4.87 Å². The van der Waals surface area contributed by atoms with Crippen LogP contribution in [0.15, 0.2) is 4.79 Å². The van der Waals surface area contributed by atoms with Crippen molar-refractivity contribution in [1.82, 2.24) is 9.36 Å². The van der Waals surface area contributed by atoms with Gasteiger partial charge in [0.05, 0.1) is 0 Å². The van der Waals surface area contributed by atoms with Crippen LogP contribution in [0.5, 0.6) is 0 Å². The summed E-state index contributed by atoms with van der Waals surface area (Å²) in [4.78, 5) is 13.6. The van der Waals surface area contributed by atoms with Crippen molar-refractivity contribution in [2.24, 2.45) is 5.92 Å². The topological polar surface area (TPSA) is 45.8 Å². The maximum Gasteiger partial charge on any atom is 0.323 e. The van der Waals surface area contributed by atoms with E-state index in [9.17, 15) is 4.79 Å². The molecule has 2 rings (SSSR count). The minimum Gasteiger partial charge on any atom is -0.299 e. The lowest BCUT2D eigenvalue weighted by Gasteiger charge is -2.10. The van der Waals surface area contributed by atoms with Gasteiger partial charge in [0.2, 0.25) is 0 Å². The van der Waals surface area contributed by atoms with Crippen molar-refractivity contribution in [1.29, 1.82) is 0 Å². The first-order chi connectivity index (χ1) is 5.77. The predicted molar refractivity (Wildman–Crippen MR) is 48.5 cm³/mol. The molecule has 1 aliphatic carbocycles. The Bertz CT molecular complexity index is 317. The van der Waals surface area contributed by atoms with Gasteiger partial charge in [-0.25, -0.2) is 0 Å². The summed E-state index contributed by atoms with van der Waals surface area (Å²) in [5.41, 5.74) is 0. The molecule has 1 N–H and O–H groups in total. The van der Waals surface area contributed by atoms with E-state index in [0.717, 1.165) is 17.4 Å². The van der Waals surface area contributed by atoms with Crippen molar-refractivity contribution in [2.45, 2.75) is 32.1 Å². The highest BCUT2D eigenvalue weighted by atomic mass is 32.1. The third-order valence-electron chi connectivity index (χ3n) is 2.67. The van der Waals surface area contributed by atoms with Crippen molar-refractivity contribution in [3.05, 3.63) is 15.5 Å². The molecular formula is C8H12N2OS.